The van der Waals surface area contributed by atoms with Crippen LogP contribution in [0.15, 0.2) is 64.4 Å². The minimum atomic E-state index is -0.504. The summed E-state index contributed by atoms with van der Waals surface area (Å²) in [4.78, 5) is 47.7. The Morgan fingerprint density at radius 3 is 2.17 bits per heavy atom. The average Bonchev–Trinajstić information content (AvgIpc) is 3.47. The third kappa shape index (κ3) is 4.16. The Morgan fingerprint density at radius 2 is 1.53 bits per heavy atom. The van der Waals surface area contributed by atoms with Crippen LogP contribution in [0, 0.1) is 13.8 Å². The van der Waals surface area contributed by atoms with E-state index in [4.69, 9.17) is 4.98 Å². The number of carbonyl (C=O) groups excluding carboxylic acids is 1. The van der Waals surface area contributed by atoms with Gasteiger partial charge >= 0.3 is 5.69 Å². The standard InChI is InChI=1S/C26H24N6O3S/c1-15-5-9-17(10-6-15)20-22(18-11-7-16(2)8-12-18)36-25(29-20)28-19(33)13-32-14-27-23-21(32)24(34)31(4)26(35)30(23)3/h5-12,14H,13H2,1-4H3,(H,28,29,33). The summed E-state index contributed by atoms with van der Waals surface area (Å²) in [5.41, 5.74) is 4.50. The Kier molecular flexibility index (Phi) is 5.89. The number of hydrogen-bond donors (Lipinski definition) is 1. The highest BCUT2D eigenvalue weighted by Gasteiger charge is 2.19. The number of carbonyl (C=O) groups is 1. The van der Waals surface area contributed by atoms with Crippen LogP contribution in [0.4, 0.5) is 5.13 Å². The van der Waals surface area contributed by atoms with Crippen LogP contribution in [0.1, 0.15) is 11.1 Å². The number of nitrogens with one attached hydrogen (secondary N) is 1. The summed E-state index contributed by atoms with van der Waals surface area (Å²) >= 11 is 1.39. The first-order chi connectivity index (χ1) is 17.2. The molecule has 0 spiro atoms. The molecule has 0 saturated carbocycles. The maximum absolute atomic E-state index is 13.0. The normalized spacial score (nSPS) is 11.2. The number of thiazole rings is 1. The fourth-order valence-electron chi connectivity index (χ4n) is 4.01. The third-order valence-electron chi connectivity index (χ3n) is 6.04. The number of anilines is 1. The highest BCUT2D eigenvalue weighted by molar-refractivity contribution is 7.19. The fraction of sp³-hybridized carbons (Fsp3) is 0.192. The first kappa shape index (κ1) is 23.4. The van der Waals surface area contributed by atoms with Crippen LogP contribution >= 0.6 is 11.3 Å². The molecular formula is C26H24N6O3S. The zero-order valence-corrected chi connectivity index (χ0v) is 21.1. The summed E-state index contributed by atoms with van der Waals surface area (Å²) in [5.74, 6) is -0.357. The van der Waals surface area contributed by atoms with Crippen molar-refractivity contribution >= 4 is 33.5 Å². The molecule has 3 aromatic heterocycles. The SMILES string of the molecule is Cc1ccc(-c2nc(NC(=O)Cn3cnc4c3c(=O)n(C)c(=O)n4C)sc2-c2ccc(C)cc2)cc1. The third-order valence-corrected chi connectivity index (χ3v) is 7.06. The molecule has 3 heterocycles. The van der Waals surface area contributed by atoms with E-state index in [2.05, 4.69) is 10.3 Å². The molecule has 0 aliphatic carbocycles. The number of nitrogens with zero attached hydrogens (tertiary/aromatic N) is 5. The lowest BCUT2D eigenvalue weighted by atomic mass is 10.0. The summed E-state index contributed by atoms with van der Waals surface area (Å²) in [5, 5.41) is 3.33. The summed E-state index contributed by atoms with van der Waals surface area (Å²) in [6.45, 7) is 3.92. The van der Waals surface area contributed by atoms with Gasteiger partial charge in [0.05, 0.1) is 16.9 Å². The largest absolute Gasteiger partial charge is 0.332 e. The first-order valence-electron chi connectivity index (χ1n) is 11.3. The number of amides is 1. The van der Waals surface area contributed by atoms with Crippen molar-refractivity contribution in [2.24, 2.45) is 14.1 Å². The second kappa shape index (κ2) is 9.04. The Morgan fingerprint density at radius 1 is 0.917 bits per heavy atom. The van der Waals surface area contributed by atoms with Gasteiger partial charge in [-0.3, -0.25) is 18.7 Å². The topological polar surface area (TPSA) is 104 Å². The van der Waals surface area contributed by atoms with Crippen molar-refractivity contribution in [1.29, 1.82) is 0 Å². The minimum absolute atomic E-state index is 0.150. The van der Waals surface area contributed by atoms with E-state index >= 15 is 0 Å². The number of aromatic nitrogens is 5. The van der Waals surface area contributed by atoms with Crippen LogP contribution in [0.3, 0.4) is 0 Å². The summed E-state index contributed by atoms with van der Waals surface area (Å²) in [6.07, 6.45) is 1.39. The molecule has 5 aromatic rings. The number of imidazole rings is 1. The smallest absolute Gasteiger partial charge is 0.315 e. The van der Waals surface area contributed by atoms with Crippen molar-refractivity contribution < 1.29 is 4.79 Å². The summed E-state index contributed by atoms with van der Waals surface area (Å²) in [6, 6.07) is 16.3. The van der Waals surface area contributed by atoms with Crippen LogP contribution in [0.25, 0.3) is 32.9 Å². The highest BCUT2D eigenvalue weighted by atomic mass is 32.1. The maximum atomic E-state index is 13.0. The van der Waals surface area contributed by atoms with E-state index in [1.165, 1.54) is 40.9 Å². The van der Waals surface area contributed by atoms with Crippen molar-refractivity contribution in [2.45, 2.75) is 20.4 Å². The van der Waals surface area contributed by atoms with E-state index in [0.717, 1.165) is 37.4 Å². The summed E-state index contributed by atoms with van der Waals surface area (Å²) in [7, 11) is 2.94. The van der Waals surface area contributed by atoms with E-state index in [1.54, 1.807) is 0 Å². The molecule has 0 atom stereocenters. The molecule has 0 fully saturated rings. The van der Waals surface area contributed by atoms with Gasteiger partial charge in [0.2, 0.25) is 5.91 Å². The van der Waals surface area contributed by atoms with Gasteiger partial charge in [-0.1, -0.05) is 71.0 Å². The molecular weight excluding hydrogens is 476 g/mol. The molecule has 9 nitrogen and oxygen atoms in total. The van der Waals surface area contributed by atoms with Crippen LogP contribution < -0.4 is 16.6 Å². The molecule has 0 saturated heterocycles. The summed E-state index contributed by atoms with van der Waals surface area (Å²) < 4.78 is 3.73. The van der Waals surface area contributed by atoms with E-state index in [1.807, 2.05) is 62.4 Å². The average molecular weight is 501 g/mol. The Hall–Kier alpha value is -4.31. The zero-order chi connectivity index (χ0) is 25.6. The Balaban J connectivity index is 1.49. The number of fused-ring (bicyclic) bond motifs is 1. The van der Waals surface area contributed by atoms with Gasteiger partial charge < -0.3 is 9.88 Å². The Bertz CT molecular complexity index is 1660. The van der Waals surface area contributed by atoms with Gasteiger partial charge in [0, 0.05) is 19.7 Å². The molecule has 1 N–H and O–H groups in total. The van der Waals surface area contributed by atoms with Crippen LogP contribution in [-0.2, 0) is 25.4 Å². The van der Waals surface area contributed by atoms with Gasteiger partial charge in [-0.2, -0.15) is 0 Å². The second-order valence-corrected chi connectivity index (χ2v) is 9.73. The van der Waals surface area contributed by atoms with Crippen LogP contribution in [-0.4, -0.2) is 29.6 Å². The molecule has 0 radical (unpaired) electrons. The van der Waals surface area contributed by atoms with Crippen molar-refractivity contribution in [3.63, 3.8) is 0 Å². The van der Waals surface area contributed by atoms with Gasteiger partial charge in [0.1, 0.15) is 6.54 Å². The molecule has 2 aromatic carbocycles. The molecule has 0 bridgehead atoms. The van der Waals surface area contributed by atoms with Gasteiger partial charge in [0.25, 0.3) is 5.56 Å². The van der Waals surface area contributed by atoms with E-state index in [-0.39, 0.29) is 23.6 Å². The first-order valence-corrected chi connectivity index (χ1v) is 12.1. The minimum Gasteiger partial charge on any atom is -0.315 e. The molecule has 5 rings (SSSR count). The van der Waals surface area contributed by atoms with Crippen molar-refractivity contribution in [1.82, 2.24) is 23.7 Å². The molecule has 1 amide bonds. The van der Waals surface area contributed by atoms with Crippen LogP contribution in [0.2, 0.25) is 0 Å². The van der Waals surface area contributed by atoms with Gasteiger partial charge in [-0.15, -0.1) is 0 Å². The lowest BCUT2D eigenvalue weighted by Crippen LogP contribution is -2.37. The zero-order valence-electron chi connectivity index (χ0n) is 20.3. The quantitative estimate of drug-likeness (QED) is 0.398. The molecule has 0 aliphatic rings. The molecule has 0 aliphatic heterocycles. The number of aryl methyl sites for hydroxylation is 3. The van der Waals surface area contributed by atoms with E-state index in [0.29, 0.717) is 5.13 Å². The maximum Gasteiger partial charge on any atom is 0.332 e. The molecule has 10 heteroatoms. The lowest BCUT2D eigenvalue weighted by Gasteiger charge is -2.06. The predicted molar refractivity (Wildman–Crippen MR) is 141 cm³/mol. The van der Waals surface area contributed by atoms with Gasteiger partial charge in [-0.05, 0) is 19.4 Å². The number of hydrogen-bond acceptors (Lipinski definition) is 6. The molecule has 0 unspecified atom stereocenters. The van der Waals surface area contributed by atoms with Crippen molar-refractivity contribution in [2.75, 3.05) is 5.32 Å². The molecule has 182 valence electrons. The monoisotopic (exact) mass is 500 g/mol. The van der Waals surface area contributed by atoms with Crippen molar-refractivity contribution in [3.8, 4) is 21.7 Å². The second-order valence-electron chi connectivity index (χ2n) is 8.73. The predicted octanol–water partition coefficient (Wildman–Crippen LogP) is 3.48. The Labute approximate surface area is 210 Å². The van der Waals surface area contributed by atoms with Gasteiger partial charge in [-0.25, -0.2) is 14.8 Å². The van der Waals surface area contributed by atoms with E-state index < -0.39 is 11.2 Å². The highest BCUT2D eigenvalue weighted by Crippen LogP contribution is 2.39. The number of rotatable bonds is 5. The van der Waals surface area contributed by atoms with Gasteiger partial charge in [0.15, 0.2) is 16.3 Å². The number of benzene rings is 2. The van der Waals surface area contributed by atoms with Crippen LogP contribution in [0.5, 0.6) is 0 Å². The lowest BCUT2D eigenvalue weighted by molar-refractivity contribution is -0.116. The van der Waals surface area contributed by atoms with Crippen molar-refractivity contribution in [3.05, 3.63) is 86.8 Å². The van der Waals surface area contributed by atoms with E-state index in [9.17, 15) is 14.4 Å². The fourth-order valence-corrected chi connectivity index (χ4v) is 5.02. The molecule has 36 heavy (non-hydrogen) atoms.